The molecule has 2 N–H and O–H groups in total. The Morgan fingerprint density at radius 3 is 2.73 bits per heavy atom. The van der Waals surface area contributed by atoms with Crippen molar-refractivity contribution in [1.29, 1.82) is 0 Å². The van der Waals surface area contributed by atoms with Crippen LogP contribution in [0.2, 0.25) is 0 Å². The molecule has 5 aromatic rings. The summed E-state index contributed by atoms with van der Waals surface area (Å²) in [5.74, 6) is 0.685. The monoisotopic (exact) mass is 395 g/mol. The number of fused-ring (bicyclic) bond motifs is 2. The van der Waals surface area contributed by atoms with Gasteiger partial charge in [-0.2, -0.15) is 5.10 Å². The first kappa shape index (κ1) is 16.9. The van der Waals surface area contributed by atoms with Crippen LogP contribution in [0.15, 0.2) is 76.7 Å². The van der Waals surface area contributed by atoms with Crippen molar-refractivity contribution in [3.8, 4) is 11.3 Å². The fourth-order valence-corrected chi connectivity index (χ4v) is 4.40. The molecule has 1 aliphatic carbocycles. The third-order valence-electron chi connectivity index (χ3n) is 5.90. The molecule has 2 atom stereocenters. The van der Waals surface area contributed by atoms with Gasteiger partial charge in [0.2, 0.25) is 0 Å². The maximum Gasteiger partial charge on any atom is 0.325 e. The van der Waals surface area contributed by atoms with Crippen LogP contribution in [-0.2, 0) is 0 Å². The van der Waals surface area contributed by atoms with Crippen molar-refractivity contribution >= 4 is 16.4 Å². The second kappa shape index (κ2) is 6.25. The zero-order chi connectivity index (χ0) is 20.2. The van der Waals surface area contributed by atoms with Crippen LogP contribution in [0.5, 0.6) is 0 Å². The fraction of sp³-hybridized carbons (Fsp3) is 0.130. The number of benzene rings is 2. The maximum atomic E-state index is 12.3. The Balaban J connectivity index is 1.48. The second-order valence-corrected chi connectivity index (χ2v) is 7.68. The summed E-state index contributed by atoms with van der Waals surface area (Å²) in [7, 11) is 0. The molecule has 146 valence electrons. The van der Waals surface area contributed by atoms with Gasteiger partial charge in [0, 0.05) is 24.2 Å². The number of imidazole rings is 1. The lowest BCUT2D eigenvalue weighted by Gasteiger charge is -2.09. The molecule has 7 heteroatoms. The van der Waals surface area contributed by atoms with E-state index in [1.807, 2.05) is 6.07 Å². The number of hydrogen-bond donors (Lipinski definition) is 2. The number of aromatic nitrogens is 5. The molecule has 0 unspecified atom stereocenters. The molecule has 1 saturated carbocycles. The lowest BCUT2D eigenvalue weighted by atomic mass is 9.98. The van der Waals surface area contributed by atoms with Crippen LogP contribution in [0.1, 0.15) is 29.4 Å². The van der Waals surface area contributed by atoms with E-state index in [1.165, 1.54) is 22.5 Å². The summed E-state index contributed by atoms with van der Waals surface area (Å²) in [4.78, 5) is 33.0. The van der Waals surface area contributed by atoms with Gasteiger partial charge in [0.05, 0.1) is 11.3 Å². The van der Waals surface area contributed by atoms with E-state index in [-0.39, 0.29) is 0 Å². The molecule has 3 aromatic heterocycles. The number of nitrogens with one attached hydrogen (secondary N) is 2. The van der Waals surface area contributed by atoms with Crippen LogP contribution >= 0.6 is 0 Å². The van der Waals surface area contributed by atoms with E-state index in [0.717, 1.165) is 17.6 Å². The number of H-pyrrole nitrogens is 2. The highest BCUT2D eigenvalue weighted by Crippen LogP contribution is 2.56. The van der Waals surface area contributed by atoms with Crippen molar-refractivity contribution in [3.05, 3.63) is 99.1 Å². The van der Waals surface area contributed by atoms with Crippen LogP contribution < -0.4 is 11.2 Å². The van der Waals surface area contributed by atoms with E-state index in [4.69, 9.17) is 0 Å². The van der Waals surface area contributed by atoms with E-state index in [2.05, 4.69) is 62.5 Å². The maximum absolute atomic E-state index is 12.3. The van der Waals surface area contributed by atoms with Gasteiger partial charge in [-0.15, -0.1) is 0 Å². The smallest absolute Gasteiger partial charge is 0.313 e. The summed E-state index contributed by atoms with van der Waals surface area (Å²) in [6.45, 7) is 0. The Morgan fingerprint density at radius 1 is 1.00 bits per heavy atom. The molecule has 7 nitrogen and oxygen atoms in total. The summed E-state index contributed by atoms with van der Waals surface area (Å²) in [5.41, 5.74) is 3.04. The minimum absolute atomic E-state index is 0.296. The second-order valence-electron chi connectivity index (χ2n) is 7.68. The highest BCUT2D eigenvalue weighted by atomic mass is 16.2. The zero-order valence-corrected chi connectivity index (χ0v) is 15.9. The molecule has 0 bridgehead atoms. The first-order valence-electron chi connectivity index (χ1n) is 9.83. The van der Waals surface area contributed by atoms with Gasteiger partial charge < -0.3 is 4.98 Å². The molecule has 1 aliphatic rings. The first-order chi connectivity index (χ1) is 14.7. The van der Waals surface area contributed by atoms with Crippen molar-refractivity contribution in [1.82, 2.24) is 24.6 Å². The molecule has 0 spiro atoms. The lowest BCUT2D eigenvalue weighted by Crippen LogP contribution is -2.23. The van der Waals surface area contributed by atoms with Gasteiger partial charge in [0.15, 0.2) is 5.65 Å². The molecule has 30 heavy (non-hydrogen) atoms. The average molecular weight is 395 g/mol. The Kier molecular flexibility index (Phi) is 3.52. The molecule has 0 radical (unpaired) electrons. The standard InChI is InChI=1S/C23H17N5O2/c29-22-19(12-25-23(30)26-22)20-11-18(21-24-8-9-28(21)27-20)17-10-16(17)15-7-3-5-13-4-1-2-6-14(13)15/h1-9,11-12,16-17H,10H2,(H2,25,26,29,30)/t16-,17+/m1/s1. The van der Waals surface area contributed by atoms with Crippen molar-refractivity contribution in [3.63, 3.8) is 0 Å². The van der Waals surface area contributed by atoms with E-state index >= 15 is 0 Å². The SMILES string of the molecule is O=c1[nH]cc(-c2cc([C@H]3C[C@@H]3c3cccc4ccccc34)c3nccn3n2)c(=O)[nH]1. The van der Waals surface area contributed by atoms with E-state index in [1.54, 1.807) is 16.9 Å². The van der Waals surface area contributed by atoms with Gasteiger partial charge in [0.1, 0.15) is 0 Å². The number of hydrogen-bond acceptors (Lipinski definition) is 4. The largest absolute Gasteiger partial charge is 0.325 e. The van der Waals surface area contributed by atoms with Gasteiger partial charge in [-0.1, -0.05) is 42.5 Å². The molecule has 0 saturated heterocycles. The highest BCUT2D eigenvalue weighted by Gasteiger charge is 2.42. The molecule has 0 amide bonds. The van der Waals surface area contributed by atoms with E-state index < -0.39 is 11.2 Å². The van der Waals surface area contributed by atoms with Crippen molar-refractivity contribution in [2.75, 3.05) is 0 Å². The summed E-state index contributed by atoms with van der Waals surface area (Å²) in [6.07, 6.45) is 5.91. The van der Waals surface area contributed by atoms with Gasteiger partial charge in [-0.25, -0.2) is 14.3 Å². The zero-order valence-electron chi connectivity index (χ0n) is 15.9. The van der Waals surface area contributed by atoms with Crippen LogP contribution in [0.25, 0.3) is 27.7 Å². The van der Waals surface area contributed by atoms with Crippen LogP contribution in [0, 0.1) is 0 Å². The molecule has 0 aliphatic heterocycles. The molecule has 3 heterocycles. The Labute approximate surface area is 170 Å². The number of nitrogens with zero attached hydrogens (tertiary/aromatic N) is 3. The molecule has 1 fully saturated rings. The fourth-order valence-electron chi connectivity index (χ4n) is 4.40. The topological polar surface area (TPSA) is 95.9 Å². The highest BCUT2D eigenvalue weighted by molar-refractivity contribution is 5.86. The predicted octanol–water partition coefficient (Wildman–Crippen LogP) is 3.20. The minimum Gasteiger partial charge on any atom is -0.313 e. The Bertz CT molecular complexity index is 1540. The Hall–Kier alpha value is -4.00. The quantitative estimate of drug-likeness (QED) is 0.490. The van der Waals surface area contributed by atoms with E-state index in [0.29, 0.717) is 23.1 Å². The van der Waals surface area contributed by atoms with Crippen LogP contribution in [0.3, 0.4) is 0 Å². The van der Waals surface area contributed by atoms with Gasteiger partial charge in [0.25, 0.3) is 5.56 Å². The van der Waals surface area contributed by atoms with Crippen molar-refractivity contribution in [2.45, 2.75) is 18.3 Å². The number of aromatic amines is 2. The van der Waals surface area contributed by atoms with Crippen LogP contribution in [-0.4, -0.2) is 24.6 Å². The third-order valence-corrected chi connectivity index (χ3v) is 5.90. The molecule has 6 rings (SSSR count). The average Bonchev–Trinajstić information content (AvgIpc) is 3.40. The lowest BCUT2D eigenvalue weighted by molar-refractivity contribution is 0.906. The summed E-state index contributed by atoms with van der Waals surface area (Å²) >= 11 is 0. The number of rotatable bonds is 3. The van der Waals surface area contributed by atoms with Crippen molar-refractivity contribution in [2.24, 2.45) is 0 Å². The van der Waals surface area contributed by atoms with Gasteiger partial charge in [-0.05, 0) is 40.7 Å². The summed E-state index contributed by atoms with van der Waals surface area (Å²) < 4.78 is 1.70. The van der Waals surface area contributed by atoms with Gasteiger partial charge in [-0.3, -0.25) is 9.78 Å². The summed E-state index contributed by atoms with van der Waals surface area (Å²) in [5, 5.41) is 7.04. The van der Waals surface area contributed by atoms with Crippen molar-refractivity contribution < 1.29 is 0 Å². The molecular formula is C23H17N5O2. The third kappa shape index (κ3) is 2.59. The first-order valence-corrected chi connectivity index (χ1v) is 9.83. The molecular weight excluding hydrogens is 378 g/mol. The van der Waals surface area contributed by atoms with E-state index in [9.17, 15) is 9.59 Å². The predicted molar refractivity (Wildman–Crippen MR) is 114 cm³/mol. The minimum atomic E-state index is -0.536. The van der Waals surface area contributed by atoms with Crippen LogP contribution in [0.4, 0.5) is 0 Å². The Morgan fingerprint density at radius 2 is 1.83 bits per heavy atom. The van der Waals surface area contributed by atoms with Gasteiger partial charge >= 0.3 is 5.69 Å². The summed E-state index contributed by atoms with van der Waals surface area (Å²) in [6, 6.07) is 16.8. The molecule has 2 aromatic carbocycles. The normalized spacial score (nSPS) is 18.1.